The first-order valence-electron chi connectivity index (χ1n) is 5.69. The van der Waals surface area contributed by atoms with E-state index in [1.54, 1.807) is 0 Å². The van der Waals surface area contributed by atoms with Gasteiger partial charge in [-0.25, -0.2) is 4.98 Å². The monoisotopic (exact) mass is 304 g/mol. The molecule has 0 fully saturated rings. The van der Waals surface area contributed by atoms with Gasteiger partial charge in [-0.05, 0) is 22.0 Å². The van der Waals surface area contributed by atoms with E-state index in [-0.39, 0.29) is 0 Å². The van der Waals surface area contributed by atoms with Crippen molar-refractivity contribution in [3.8, 4) is 11.3 Å². The first-order valence-corrected chi connectivity index (χ1v) is 6.49. The molecule has 18 heavy (non-hydrogen) atoms. The fraction of sp³-hybridized carbons (Fsp3) is 0.154. The predicted octanol–water partition coefficient (Wildman–Crippen LogP) is 2.79. The van der Waals surface area contributed by atoms with E-state index in [0.29, 0.717) is 6.54 Å². The molecule has 92 valence electrons. The van der Waals surface area contributed by atoms with Crippen LogP contribution >= 0.6 is 15.9 Å². The number of aromatic amines is 1. The van der Waals surface area contributed by atoms with E-state index in [4.69, 9.17) is 5.73 Å². The third kappa shape index (κ3) is 1.67. The summed E-state index contributed by atoms with van der Waals surface area (Å²) >= 11 is 3.51. The van der Waals surface area contributed by atoms with Crippen molar-refractivity contribution in [1.82, 2.24) is 14.5 Å². The second-order valence-corrected chi connectivity index (χ2v) is 5.01. The van der Waals surface area contributed by atoms with E-state index in [1.165, 1.54) is 10.9 Å². The normalized spacial score (nSPS) is 11.3. The summed E-state index contributed by atoms with van der Waals surface area (Å²) in [5.41, 5.74) is 8.82. The zero-order valence-electron chi connectivity index (χ0n) is 9.94. The Labute approximate surface area is 113 Å². The summed E-state index contributed by atoms with van der Waals surface area (Å²) in [5.74, 6) is 0.782. The van der Waals surface area contributed by atoms with Gasteiger partial charge >= 0.3 is 0 Å². The Morgan fingerprint density at radius 3 is 2.89 bits per heavy atom. The number of nitrogens with zero attached hydrogens (tertiary/aromatic N) is 2. The van der Waals surface area contributed by atoms with E-state index in [0.717, 1.165) is 21.7 Å². The largest absolute Gasteiger partial charge is 0.350 e. The summed E-state index contributed by atoms with van der Waals surface area (Å²) in [6.45, 7) is 0.406. The fourth-order valence-corrected chi connectivity index (χ4v) is 2.73. The zero-order chi connectivity index (χ0) is 12.7. The molecule has 0 atom stereocenters. The maximum atomic E-state index is 5.61. The summed E-state index contributed by atoms with van der Waals surface area (Å²) in [7, 11) is 2.04. The van der Waals surface area contributed by atoms with Gasteiger partial charge in [0.1, 0.15) is 16.1 Å². The van der Waals surface area contributed by atoms with Gasteiger partial charge in [0.15, 0.2) is 0 Å². The lowest BCUT2D eigenvalue weighted by molar-refractivity contribution is 0.946. The second-order valence-electron chi connectivity index (χ2n) is 4.22. The van der Waals surface area contributed by atoms with Gasteiger partial charge in [0, 0.05) is 29.7 Å². The van der Waals surface area contributed by atoms with E-state index >= 15 is 0 Å². The number of nitrogens with one attached hydrogen (secondary N) is 1. The van der Waals surface area contributed by atoms with Gasteiger partial charge in [0.2, 0.25) is 0 Å². The van der Waals surface area contributed by atoms with Crippen molar-refractivity contribution in [2.45, 2.75) is 6.54 Å². The Bertz CT molecular complexity index is 711. The highest BCUT2D eigenvalue weighted by Gasteiger charge is 2.14. The van der Waals surface area contributed by atoms with Gasteiger partial charge in [-0.2, -0.15) is 0 Å². The van der Waals surface area contributed by atoms with Crippen LogP contribution in [-0.4, -0.2) is 14.5 Å². The van der Waals surface area contributed by atoms with E-state index in [9.17, 15) is 0 Å². The Morgan fingerprint density at radius 2 is 2.17 bits per heavy atom. The summed E-state index contributed by atoms with van der Waals surface area (Å²) in [6.07, 6.45) is 2.09. The molecule has 0 amide bonds. The first kappa shape index (κ1) is 11.5. The summed E-state index contributed by atoms with van der Waals surface area (Å²) in [5, 5.41) is 1.19. The number of aromatic nitrogens is 3. The van der Waals surface area contributed by atoms with E-state index in [1.807, 2.05) is 19.2 Å². The number of para-hydroxylation sites is 1. The molecule has 5 heteroatoms. The minimum atomic E-state index is 0.406. The Balaban J connectivity index is 2.28. The molecule has 0 saturated heterocycles. The lowest BCUT2D eigenvalue weighted by Crippen LogP contribution is -1.97. The number of aryl methyl sites for hydroxylation is 1. The molecule has 3 aromatic rings. The van der Waals surface area contributed by atoms with E-state index < -0.39 is 0 Å². The minimum absolute atomic E-state index is 0.406. The van der Waals surface area contributed by atoms with Crippen molar-refractivity contribution in [1.29, 1.82) is 0 Å². The number of halogens is 1. The van der Waals surface area contributed by atoms with Crippen LogP contribution in [0.15, 0.2) is 35.1 Å². The van der Waals surface area contributed by atoms with Crippen LogP contribution in [0.3, 0.4) is 0 Å². The van der Waals surface area contributed by atoms with Crippen LogP contribution < -0.4 is 5.73 Å². The second kappa shape index (κ2) is 4.26. The topological polar surface area (TPSA) is 59.6 Å². The molecule has 0 unspecified atom stereocenters. The standard InChI is InChI=1S/C13H13BrN4/c1-18-7-9(8-4-2-3-5-10(8)18)12-13(14)17-11(6-15)16-12/h2-5,7H,6,15H2,1H3,(H,16,17). The van der Waals surface area contributed by atoms with Crippen LogP contribution in [0.2, 0.25) is 0 Å². The van der Waals surface area contributed by atoms with Crippen molar-refractivity contribution >= 4 is 26.8 Å². The van der Waals surface area contributed by atoms with Crippen LogP contribution in [0.1, 0.15) is 5.82 Å². The van der Waals surface area contributed by atoms with Crippen molar-refractivity contribution < 1.29 is 0 Å². The summed E-state index contributed by atoms with van der Waals surface area (Å²) in [4.78, 5) is 7.66. The third-order valence-corrected chi connectivity index (χ3v) is 3.63. The van der Waals surface area contributed by atoms with Crippen molar-refractivity contribution in [2.75, 3.05) is 0 Å². The van der Waals surface area contributed by atoms with Crippen LogP contribution in [0.25, 0.3) is 22.2 Å². The number of H-pyrrole nitrogens is 1. The third-order valence-electron chi connectivity index (χ3n) is 3.05. The highest BCUT2D eigenvalue weighted by Crippen LogP contribution is 2.33. The van der Waals surface area contributed by atoms with Gasteiger partial charge < -0.3 is 15.3 Å². The fourth-order valence-electron chi connectivity index (χ4n) is 2.20. The highest BCUT2D eigenvalue weighted by atomic mass is 79.9. The average Bonchev–Trinajstić information content (AvgIpc) is 2.91. The maximum absolute atomic E-state index is 5.61. The first-order chi connectivity index (χ1) is 8.70. The van der Waals surface area contributed by atoms with Gasteiger partial charge in [-0.3, -0.25) is 0 Å². The summed E-state index contributed by atoms with van der Waals surface area (Å²) in [6, 6.07) is 8.28. The number of nitrogens with two attached hydrogens (primary N) is 1. The minimum Gasteiger partial charge on any atom is -0.350 e. The Hall–Kier alpha value is -1.59. The molecule has 3 N–H and O–H groups in total. The molecule has 2 aromatic heterocycles. The number of rotatable bonds is 2. The molecule has 0 saturated carbocycles. The average molecular weight is 305 g/mol. The van der Waals surface area contributed by atoms with E-state index in [2.05, 4.69) is 48.8 Å². The molecule has 0 aliphatic rings. The SMILES string of the molecule is Cn1cc(-c2nc(CN)[nH]c2Br)c2ccccc21. The smallest absolute Gasteiger partial charge is 0.121 e. The van der Waals surface area contributed by atoms with Gasteiger partial charge in [-0.1, -0.05) is 18.2 Å². The number of fused-ring (bicyclic) bond motifs is 1. The summed E-state index contributed by atoms with van der Waals surface area (Å²) < 4.78 is 2.98. The molecule has 0 aliphatic heterocycles. The zero-order valence-corrected chi connectivity index (χ0v) is 11.5. The van der Waals surface area contributed by atoms with Gasteiger partial charge in [0.05, 0.1) is 6.54 Å². The maximum Gasteiger partial charge on any atom is 0.121 e. The molecule has 3 rings (SSSR count). The highest BCUT2D eigenvalue weighted by molar-refractivity contribution is 9.10. The van der Waals surface area contributed by atoms with Gasteiger partial charge in [-0.15, -0.1) is 0 Å². The number of hydrogen-bond acceptors (Lipinski definition) is 2. The van der Waals surface area contributed by atoms with Crippen LogP contribution in [-0.2, 0) is 13.6 Å². The van der Waals surface area contributed by atoms with Gasteiger partial charge in [0.25, 0.3) is 0 Å². The number of hydrogen-bond donors (Lipinski definition) is 2. The molecular formula is C13H13BrN4. The number of imidazole rings is 1. The molecule has 0 radical (unpaired) electrons. The van der Waals surface area contributed by atoms with Crippen LogP contribution in [0, 0.1) is 0 Å². The van der Waals surface area contributed by atoms with Crippen LogP contribution in [0.4, 0.5) is 0 Å². The predicted molar refractivity (Wildman–Crippen MR) is 76.1 cm³/mol. The Kier molecular flexibility index (Phi) is 2.72. The molecule has 0 aliphatic carbocycles. The lowest BCUT2D eigenvalue weighted by atomic mass is 10.1. The van der Waals surface area contributed by atoms with Crippen LogP contribution in [0.5, 0.6) is 0 Å². The van der Waals surface area contributed by atoms with Crippen molar-refractivity contribution in [3.63, 3.8) is 0 Å². The molecule has 4 nitrogen and oxygen atoms in total. The van der Waals surface area contributed by atoms with Crippen molar-refractivity contribution in [3.05, 3.63) is 40.9 Å². The lowest BCUT2D eigenvalue weighted by Gasteiger charge is -1.95. The molecule has 0 bridgehead atoms. The number of benzene rings is 1. The quantitative estimate of drug-likeness (QED) is 0.765. The molecule has 2 heterocycles. The molecular weight excluding hydrogens is 292 g/mol. The van der Waals surface area contributed by atoms with Crippen molar-refractivity contribution in [2.24, 2.45) is 12.8 Å². The molecule has 0 spiro atoms. The Morgan fingerprint density at radius 1 is 1.39 bits per heavy atom. The molecule has 1 aromatic carbocycles.